The second-order valence-electron chi connectivity index (χ2n) is 6.34. The van der Waals surface area contributed by atoms with Gasteiger partial charge in [0.25, 0.3) is 0 Å². The zero-order valence-corrected chi connectivity index (χ0v) is 14.8. The maximum atomic E-state index is 12.6. The van der Waals surface area contributed by atoms with Crippen molar-refractivity contribution in [3.8, 4) is 0 Å². The Hall–Kier alpha value is -1.85. The normalized spacial score (nSPS) is 19.8. The van der Waals surface area contributed by atoms with Crippen molar-refractivity contribution in [2.24, 2.45) is 17.6 Å². The third-order valence-electron chi connectivity index (χ3n) is 4.63. The highest BCUT2D eigenvalue weighted by molar-refractivity contribution is 5.92. The predicted molar refractivity (Wildman–Crippen MR) is 98.3 cm³/mol. The van der Waals surface area contributed by atoms with Crippen LogP contribution in [0.1, 0.15) is 30.5 Å². The molecule has 1 aromatic heterocycles. The van der Waals surface area contributed by atoms with Gasteiger partial charge in [0.1, 0.15) is 5.82 Å². The molecule has 5 nitrogen and oxygen atoms in total. The molecule has 1 saturated carbocycles. The molecule has 0 spiro atoms. The van der Waals surface area contributed by atoms with Gasteiger partial charge in [-0.1, -0.05) is 36.8 Å². The number of hydrogen-bond donors (Lipinski definition) is 2. The molecule has 0 bridgehead atoms. The number of aryl methyl sites for hydroxylation is 1. The van der Waals surface area contributed by atoms with Crippen LogP contribution in [-0.2, 0) is 11.3 Å². The van der Waals surface area contributed by atoms with Crippen LogP contribution in [0.3, 0.4) is 0 Å². The molecule has 0 unspecified atom stereocenters. The number of halogens is 1. The molecule has 1 fully saturated rings. The summed E-state index contributed by atoms with van der Waals surface area (Å²) in [6.07, 6.45) is 3.07. The fourth-order valence-corrected chi connectivity index (χ4v) is 3.41. The Morgan fingerprint density at radius 2 is 2.08 bits per heavy atom. The lowest BCUT2D eigenvalue weighted by Crippen LogP contribution is -2.30. The van der Waals surface area contributed by atoms with Crippen LogP contribution in [-0.4, -0.2) is 22.2 Å². The van der Waals surface area contributed by atoms with Crippen LogP contribution >= 0.6 is 12.4 Å². The molecule has 0 radical (unpaired) electrons. The van der Waals surface area contributed by atoms with E-state index in [1.54, 1.807) is 0 Å². The summed E-state index contributed by atoms with van der Waals surface area (Å²) in [7, 11) is 0. The standard InChI is InChI=1S/C18H24N4O.ClH/c1-13-10-17(20-18(23)16-9-5-8-15(16)11-19)22(21-13)12-14-6-3-2-4-7-14;/h2-4,6-7,10,15-16H,5,8-9,11-12,19H2,1H3,(H,20,23);1H/t15-,16-;/m1./s1. The van der Waals surface area contributed by atoms with Gasteiger partial charge in [-0.2, -0.15) is 5.10 Å². The Kier molecular flexibility index (Phi) is 6.40. The molecule has 0 aliphatic heterocycles. The van der Waals surface area contributed by atoms with Crippen molar-refractivity contribution in [2.75, 3.05) is 11.9 Å². The molecule has 2 aromatic rings. The minimum atomic E-state index is 0. The Labute approximate surface area is 149 Å². The van der Waals surface area contributed by atoms with Gasteiger partial charge in [-0.05, 0) is 37.8 Å². The van der Waals surface area contributed by atoms with E-state index in [0.717, 1.165) is 36.3 Å². The molecule has 1 amide bonds. The number of carbonyl (C=O) groups excluding carboxylic acids is 1. The van der Waals surface area contributed by atoms with Crippen molar-refractivity contribution in [1.82, 2.24) is 9.78 Å². The summed E-state index contributed by atoms with van der Waals surface area (Å²) in [6, 6.07) is 12.1. The number of anilines is 1. The third-order valence-corrected chi connectivity index (χ3v) is 4.63. The second kappa shape index (κ2) is 8.31. The maximum Gasteiger partial charge on any atom is 0.228 e. The average molecular weight is 349 g/mol. The molecule has 0 saturated heterocycles. The van der Waals surface area contributed by atoms with Gasteiger partial charge >= 0.3 is 0 Å². The molecule has 130 valence electrons. The summed E-state index contributed by atoms with van der Waals surface area (Å²) in [5, 5.41) is 7.57. The van der Waals surface area contributed by atoms with E-state index in [-0.39, 0.29) is 24.2 Å². The minimum absolute atomic E-state index is 0. The fraction of sp³-hybridized carbons (Fsp3) is 0.444. The number of carbonyl (C=O) groups is 1. The summed E-state index contributed by atoms with van der Waals surface area (Å²) < 4.78 is 1.86. The van der Waals surface area contributed by atoms with Gasteiger partial charge in [-0.3, -0.25) is 4.79 Å². The minimum Gasteiger partial charge on any atom is -0.330 e. The molecular weight excluding hydrogens is 324 g/mol. The van der Waals surface area contributed by atoms with Gasteiger partial charge in [0.15, 0.2) is 0 Å². The molecule has 1 aromatic carbocycles. The lowest BCUT2D eigenvalue weighted by Gasteiger charge is -2.17. The topological polar surface area (TPSA) is 72.9 Å². The Balaban J connectivity index is 0.00000208. The highest BCUT2D eigenvalue weighted by atomic mass is 35.5. The van der Waals surface area contributed by atoms with Crippen molar-refractivity contribution in [3.63, 3.8) is 0 Å². The van der Waals surface area contributed by atoms with Crippen LogP contribution in [0.4, 0.5) is 5.82 Å². The number of nitrogens with two attached hydrogens (primary N) is 1. The SMILES string of the molecule is Cc1cc(NC(=O)[C@@H]2CCC[C@@H]2CN)n(Cc2ccccc2)n1.Cl. The van der Waals surface area contributed by atoms with Gasteiger partial charge < -0.3 is 11.1 Å². The van der Waals surface area contributed by atoms with Crippen LogP contribution in [0.15, 0.2) is 36.4 Å². The first kappa shape index (κ1) is 18.5. The first-order valence-electron chi connectivity index (χ1n) is 8.26. The lowest BCUT2D eigenvalue weighted by molar-refractivity contribution is -0.120. The van der Waals surface area contributed by atoms with Gasteiger partial charge in [0.2, 0.25) is 5.91 Å². The number of nitrogens with zero attached hydrogens (tertiary/aromatic N) is 2. The number of rotatable bonds is 5. The van der Waals surface area contributed by atoms with Gasteiger partial charge in [0, 0.05) is 12.0 Å². The highest BCUT2D eigenvalue weighted by Crippen LogP contribution is 2.32. The number of hydrogen-bond acceptors (Lipinski definition) is 3. The predicted octanol–water partition coefficient (Wildman–Crippen LogP) is 2.98. The van der Waals surface area contributed by atoms with Crippen LogP contribution in [0, 0.1) is 18.8 Å². The van der Waals surface area contributed by atoms with Crippen molar-refractivity contribution < 1.29 is 4.79 Å². The quantitative estimate of drug-likeness (QED) is 0.872. The Morgan fingerprint density at radius 3 is 2.79 bits per heavy atom. The average Bonchev–Trinajstić information content (AvgIpc) is 3.15. The summed E-state index contributed by atoms with van der Waals surface area (Å²) in [6.45, 7) is 3.17. The van der Waals surface area contributed by atoms with Crippen molar-refractivity contribution >= 4 is 24.1 Å². The van der Waals surface area contributed by atoms with E-state index in [2.05, 4.69) is 22.5 Å². The monoisotopic (exact) mass is 348 g/mol. The van der Waals surface area contributed by atoms with Crippen LogP contribution < -0.4 is 11.1 Å². The molecule has 3 N–H and O–H groups in total. The van der Waals surface area contributed by atoms with Gasteiger partial charge in [-0.15, -0.1) is 12.4 Å². The van der Waals surface area contributed by atoms with Gasteiger partial charge in [0.05, 0.1) is 12.2 Å². The molecule has 1 heterocycles. The number of nitrogens with one attached hydrogen (secondary N) is 1. The van der Waals surface area contributed by atoms with E-state index in [1.807, 2.05) is 35.9 Å². The molecular formula is C18H25ClN4O. The largest absolute Gasteiger partial charge is 0.330 e. The van der Waals surface area contributed by atoms with Crippen molar-refractivity contribution in [3.05, 3.63) is 47.7 Å². The molecule has 6 heteroatoms. The fourth-order valence-electron chi connectivity index (χ4n) is 3.41. The smallest absolute Gasteiger partial charge is 0.228 e. The molecule has 1 aliphatic rings. The Morgan fingerprint density at radius 1 is 1.33 bits per heavy atom. The van der Waals surface area contributed by atoms with Crippen LogP contribution in [0.5, 0.6) is 0 Å². The van der Waals surface area contributed by atoms with Crippen molar-refractivity contribution in [2.45, 2.75) is 32.7 Å². The van der Waals surface area contributed by atoms with E-state index in [4.69, 9.17) is 5.73 Å². The number of amides is 1. The second-order valence-corrected chi connectivity index (χ2v) is 6.34. The van der Waals surface area contributed by atoms with Crippen LogP contribution in [0.25, 0.3) is 0 Å². The molecule has 24 heavy (non-hydrogen) atoms. The van der Waals surface area contributed by atoms with E-state index in [1.165, 1.54) is 0 Å². The van der Waals surface area contributed by atoms with E-state index < -0.39 is 0 Å². The first-order chi connectivity index (χ1) is 11.2. The zero-order valence-electron chi connectivity index (χ0n) is 13.9. The number of benzene rings is 1. The zero-order chi connectivity index (χ0) is 16.2. The van der Waals surface area contributed by atoms with E-state index in [9.17, 15) is 4.79 Å². The molecule has 3 rings (SSSR count). The highest BCUT2D eigenvalue weighted by Gasteiger charge is 2.32. The first-order valence-corrected chi connectivity index (χ1v) is 8.26. The van der Waals surface area contributed by atoms with Crippen LogP contribution in [0.2, 0.25) is 0 Å². The van der Waals surface area contributed by atoms with E-state index in [0.29, 0.717) is 19.0 Å². The lowest BCUT2D eigenvalue weighted by atomic mass is 9.95. The summed E-state index contributed by atoms with van der Waals surface area (Å²) >= 11 is 0. The number of aromatic nitrogens is 2. The van der Waals surface area contributed by atoms with Gasteiger partial charge in [-0.25, -0.2) is 4.68 Å². The summed E-state index contributed by atoms with van der Waals surface area (Å²) in [5.41, 5.74) is 7.85. The van der Waals surface area contributed by atoms with E-state index >= 15 is 0 Å². The third kappa shape index (κ3) is 4.16. The summed E-state index contributed by atoms with van der Waals surface area (Å²) in [4.78, 5) is 12.6. The Bertz CT molecular complexity index is 671. The summed E-state index contributed by atoms with van der Waals surface area (Å²) in [5.74, 6) is 1.17. The molecule has 1 aliphatic carbocycles. The molecule has 2 atom stereocenters. The maximum absolute atomic E-state index is 12.6. The van der Waals surface area contributed by atoms with Crippen molar-refractivity contribution in [1.29, 1.82) is 0 Å².